The quantitative estimate of drug-likeness (QED) is 0.639. The summed E-state index contributed by atoms with van der Waals surface area (Å²) in [6.07, 6.45) is 4.52. The van der Waals surface area contributed by atoms with Crippen LogP contribution in [0.3, 0.4) is 0 Å². The first-order valence-electron chi connectivity index (χ1n) is 8.80. The molecule has 2 amide bonds. The van der Waals surface area contributed by atoms with E-state index < -0.39 is 17.8 Å². The van der Waals surface area contributed by atoms with Gasteiger partial charge in [-0.3, -0.25) is 14.4 Å². The largest absolute Gasteiger partial charge is 0.481 e. The van der Waals surface area contributed by atoms with Crippen LogP contribution in [0.4, 0.5) is 11.4 Å². The van der Waals surface area contributed by atoms with Gasteiger partial charge in [-0.25, -0.2) is 0 Å². The third-order valence-corrected chi connectivity index (χ3v) is 6.47. The van der Waals surface area contributed by atoms with Crippen LogP contribution in [0.25, 0.3) is 0 Å². The molecule has 4 rings (SSSR count). The summed E-state index contributed by atoms with van der Waals surface area (Å²) < 4.78 is 0. The van der Waals surface area contributed by atoms with E-state index in [1.54, 1.807) is 35.7 Å². The molecule has 1 aromatic heterocycles. The lowest BCUT2D eigenvalue weighted by molar-refractivity contribution is -0.146. The molecule has 2 aromatic rings. The maximum Gasteiger partial charge on any atom is 0.307 e. The number of carboxylic acids is 1. The van der Waals surface area contributed by atoms with Gasteiger partial charge in [0.25, 0.3) is 5.91 Å². The highest BCUT2D eigenvalue weighted by Crippen LogP contribution is 2.48. The van der Waals surface area contributed by atoms with E-state index >= 15 is 0 Å². The minimum atomic E-state index is -0.947. The number of benzene rings is 1. The third-order valence-electron chi connectivity index (χ3n) is 5.27. The molecule has 1 fully saturated rings. The second-order valence-electron chi connectivity index (χ2n) is 6.95. The zero-order valence-electron chi connectivity index (χ0n) is 14.6. The normalized spacial score (nSPS) is 24.9. The summed E-state index contributed by atoms with van der Waals surface area (Å²) in [5.74, 6) is -3.03. The molecule has 6 nitrogen and oxygen atoms in total. The molecule has 1 saturated carbocycles. The zero-order valence-corrected chi connectivity index (χ0v) is 16.2. The van der Waals surface area contributed by atoms with Gasteiger partial charge >= 0.3 is 5.97 Å². The zero-order chi connectivity index (χ0) is 19.8. The first-order valence-corrected chi connectivity index (χ1v) is 10.1. The Balaban J connectivity index is 1.51. The van der Waals surface area contributed by atoms with Crippen molar-refractivity contribution in [1.82, 2.24) is 0 Å². The molecule has 1 aromatic carbocycles. The summed E-state index contributed by atoms with van der Waals surface area (Å²) >= 11 is 7.48. The van der Waals surface area contributed by atoms with Crippen LogP contribution in [0, 0.1) is 23.7 Å². The van der Waals surface area contributed by atoms with Crippen LogP contribution in [0.2, 0.25) is 5.02 Å². The van der Waals surface area contributed by atoms with Gasteiger partial charge in [0.2, 0.25) is 5.91 Å². The van der Waals surface area contributed by atoms with Crippen LogP contribution in [-0.4, -0.2) is 22.9 Å². The van der Waals surface area contributed by atoms with Gasteiger partial charge in [0.1, 0.15) is 0 Å². The summed E-state index contributed by atoms with van der Waals surface area (Å²) in [7, 11) is 0. The average molecular weight is 417 g/mol. The number of nitrogens with one attached hydrogen (secondary N) is 2. The van der Waals surface area contributed by atoms with Crippen molar-refractivity contribution in [3.05, 3.63) is 57.8 Å². The molecule has 1 heterocycles. The summed E-state index contributed by atoms with van der Waals surface area (Å²) in [4.78, 5) is 37.2. The van der Waals surface area contributed by atoms with Crippen molar-refractivity contribution in [2.45, 2.75) is 6.42 Å². The maximum absolute atomic E-state index is 12.8. The number of carboxylic acid groups (broad SMARTS) is 1. The molecule has 0 radical (unpaired) electrons. The van der Waals surface area contributed by atoms with E-state index in [1.165, 1.54) is 11.3 Å². The summed E-state index contributed by atoms with van der Waals surface area (Å²) in [6.45, 7) is 0. The van der Waals surface area contributed by atoms with Crippen molar-refractivity contribution in [3.8, 4) is 0 Å². The molecule has 0 aliphatic heterocycles. The number of carbonyl (C=O) groups excluding carboxylic acids is 2. The number of aliphatic carboxylic acids is 1. The fourth-order valence-electron chi connectivity index (χ4n) is 4.03. The number of rotatable bonds is 5. The number of anilines is 2. The van der Waals surface area contributed by atoms with Crippen molar-refractivity contribution in [2.24, 2.45) is 23.7 Å². The molecule has 2 aliphatic rings. The van der Waals surface area contributed by atoms with Crippen LogP contribution in [-0.2, 0) is 9.59 Å². The van der Waals surface area contributed by atoms with Crippen LogP contribution in [0.5, 0.6) is 0 Å². The topological polar surface area (TPSA) is 95.5 Å². The fraction of sp³-hybridized carbons (Fsp3) is 0.250. The molecule has 0 unspecified atom stereocenters. The Morgan fingerprint density at radius 3 is 2.50 bits per heavy atom. The Kier molecular flexibility index (Phi) is 4.95. The van der Waals surface area contributed by atoms with Crippen LogP contribution in [0.1, 0.15) is 16.1 Å². The summed E-state index contributed by atoms with van der Waals surface area (Å²) in [5, 5.41) is 17.2. The van der Waals surface area contributed by atoms with Crippen LogP contribution >= 0.6 is 22.9 Å². The summed E-state index contributed by atoms with van der Waals surface area (Å²) in [5.41, 5.74) is 0.826. The second kappa shape index (κ2) is 7.41. The van der Waals surface area contributed by atoms with Crippen LogP contribution < -0.4 is 10.6 Å². The Bertz CT molecular complexity index is 973. The number of hydrogen-bond acceptors (Lipinski definition) is 4. The minimum absolute atomic E-state index is 0.0589. The van der Waals surface area contributed by atoms with Gasteiger partial charge in [-0.15, -0.1) is 11.3 Å². The van der Waals surface area contributed by atoms with Gasteiger partial charge in [-0.05, 0) is 47.9 Å². The predicted molar refractivity (Wildman–Crippen MR) is 108 cm³/mol. The van der Waals surface area contributed by atoms with Gasteiger partial charge in [0.05, 0.1) is 27.4 Å². The number of hydrogen-bond donors (Lipinski definition) is 3. The average Bonchev–Trinajstić information content (AvgIpc) is 3.40. The lowest BCUT2D eigenvalue weighted by Crippen LogP contribution is -2.36. The standard InChI is InChI=1S/C20H17ClN2O4S/c21-13-6-5-12(9-14(13)23-18(24)15-2-1-7-28-15)22-19(25)16-10-3-4-11(8-10)17(16)20(26)27/h1-7,9-11,16-17H,8H2,(H,22,25)(H,23,24)(H,26,27)/t10-,11-,16-,17-/m0/s1. The van der Waals surface area contributed by atoms with E-state index in [1.807, 2.05) is 12.2 Å². The molecule has 2 bridgehead atoms. The molecule has 4 atom stereocenters. The number of amides is 2. The lowest BCUT2D eigenvalue weighted by atomic mass is 9.82. The monoisotopic (exact) mass is 416 g/mol. The Hall–Kier alpha value is -2.64. The molecule has 28 heavy (non-hydrogen) atoms. The Morgan fingerprint density at radius 2 is 1.82 bits per heavy atom. The molecule has 0 saturated heterocycles. The van der Waals surface area contributed by atoms with Gasteiger partial charge < -0.3 is 15.7 Å². The van der Waals surface area contributed by atoms with E-state index in [-0.39, 0.29) is 23.7 Å². The minimum Gasteiger partial charge on any atom is -0.481 e. The highest BCUT2D eigenvalue weighted by atomic mass is 35.5. The van der Waals surface area contributed by atoms with Crippen molar-refractivity contribution in [2.75, 3.05) is 10.6 Å². The molecular formula is C20H17ClN2O4S. The van der Waals surface area contributed by atoms with Crippen molar-refractivity contribution < 1.29 is 19.5 Å². The molecular weight excluding hydrogens is 400 g/mol. The van der Waals surface area contributed by atoms with Gasteiger partial charge in [-0.1, -0.05) is 29.8 Å². The predicted octanol–water partition coefficient (Wildman–Crippen LogP) is 4.12. The fourth-order valence-corrected chi connectivity index (χ4v) is 4.82. The van der Waals surface area contributed by atoms with Gasteiger partial charge in [0, 0.05) is 5.69 Å². The van der Waals surface area contributed by atoms with Crippen LogP contribution in [0.15, 0.2) is 47.9 Å². The smallest absolute Gasteiger partial charge is 0.307 e. The molecule has 2 aliphatic carbocycles. The Morgan fingerprint density at radius 1 is 1.07 bits per heavy atom. The van der Waals surface area contributed by atoms with Gasteiger partial charge in [-0.2, -0.15) is 0 Å². The second-order valence-corrected chi connectivity index (χ2v) is 8.31. The van der Waals surface area contributed by atoms with Crippen molar-refractivity contribution in [1.29, 1.82) is 0 Å². The van der Waals surface area contributed by atoms with E-state index in [2.05, 4.69) is 10.6 Å². The lowest BCUT2D eigenvalue weighted by Gasteiger charge is -2.24. The van der Waals surface area contributed by atoms with Crippen molar-refractivity contribution in [3.63, 3.8) is 0 Å². The first kappa shape index (κ1) is 18.7. The van der Waals surface area contributed by atoms with E-state index in [0.717, 1.165) is 0 Å². The highest BCUT2D eigenvalue weighted by Gasteiger charge is 2.51. The SMILES string of the molecule is O=C(Nc1cc(NC(=O)[C@@H]2[C@@H](C(=O)O)[C@H]3C=C[C@H]2C3)ccc1Cl)c1cccs1. The molecule has 0 spiro atoms. The summed E-state index contributed by atoms with van der Waals surface area (Å²) in [6, 6.07) is 8.26. The number of thiophene rings is 1. The van der Waals surface area contributed by atoms with Gasteiger partial charge in [0.15, 0.2) is 0 Å². The molecule has 144 valence electrons. The van der Waals surface area contributed by atoms with Crippen molar-refractivity contribution >= 4 is 52.1 Å². The number of halogens is 1. The number of carbonyl (C=O) groups is 3. The van der Waals surface area contributed by atoms with E-state index in [4.69, 9.17) is 11.6 Å². The van der Waals surface area contributed by atoms with E-state index in [9.17, 15) is 19.5 Å². The Labute approximate surface area is 170 Å². The maximum atomic E-state index is 12.8. The first-order chi connectivity index (χ1) is 13.4. The third kappa shape index (κ3) is 3.43. The molecule has 8 heteroatoms. The number of allylic oxidation sites excluding steroid dienone is 2. The highest BCUT2D eigenvalue weighted by molar-refractivity contribution is 7.12. The number of fused-ring (bicyclic) bond motifs is 2. The molecule has 3 N–H and O–H groups in total. The van der Waals surface area contributed by atoms with E-state index in [0.29, 0.717) is 27.7 Å².